The van der Waals surface area contributed by atoms with Gasteiger partial charge in [-0.1, -0.05) is 147 Å². The van der Waals surface area contributed by atoms with E-state index in [-0.39, 0.29) is 31.2 Å². The molecule has 0 saturated carbocycles. The van der Waals surface area contributed by atoms with Gasteiger partial charge in [0.15, 0.2) is 11.9 Å². The number of hydrogen-bond acceptors (Lipinski definition) is 6. The van der Waals surface area contributed by atoms with Gasteiger partial charge in [0.25, 0.3) is 0 Å². The smallest absolute Gasteiger partial charge is 0.306 e. The zero-order valence-corrected chi connectivity index (χ0v) is 29.7. The number of ketones is 1. The third-order valence-electron chi connectivity index (χ3n) is 7.78. The Morgan fingerprint density at radius 3 is 1.85 bits per heavy atom. The van der Waals surface area contributed by atoms with Gasteiger partial charge in [0.05, 0.1) is 6.61 Å². The van der Waals surface area contributed by atoms with Crippen molar-refractivity contribution in [2.75, 3.05) is 13.2 Å². The number of hydrogen-bond donors (Lipinski definition) is 1. The summed E-state index contributed by atoms with van der Waals surface area (Å²) in [6.07, 6.45) is 37.4. The fourth-order valence-corrected chi connectivity index (χ4v) is 4.93. The first kappa shape index (κ1) is 43.5. The van der Waals surface area contributed by atoms with E-state index in [9.17, 15) is 19.5 Å². The molecule has 0 aliphatic carbocycles. The average Bonchev–Trinajstić information content (AvgIpc) is 3.03. The highest BCUT2D eigenvalue weighted by Crippen LogP contribution is 2.14. The van der Waals surface area contributed by atoms with Crippen LogP contribution < -0.4 is 0 Å². The van der Waals surface area contributed by atoms with Gasteiger partial charge in [-0.2, -0.15) is 0 Å². The van der Waals surface area contributed by atoms with Crippen molar-refractivity contribution in [3.8, 4) is 0 Å². The lowest BCUT2D eigenvalue weighted by Gasteiger charge is -2.15. The number of ether oxygens (including phenoxy) is 2. The number of esters is 2. The third kappa shape index (κ3) is 32.9. The molecule has 0 amide bonds. The molecule has 0 rings (SSSR count). The fraction of sp³-hybridized carbons (Fsp3) is 0.725. The molecule has 0 unspecified atom stereocenters. The van der Waals surface area contributed by atoms with Gasteiger partial charge in [-0.15, -0.1) is 0 Å². The highest BCUT2D eigenvalue weighted by atomic mass is 16.6. The number of carbonyl (C=O) groups excluding carboxylic acids is 3. The van der Waals surface area contributed by atoms with Crippen LogP contribution in [0.5, 0.6) is 0 Å². The van der Waals surface area contributed by atoms with Gasteiger partial charge in [0.1, 0.15) is 6.61 Å². The Hall–Kier alpha value is -2.47. The summed E-state index contributed by atoms with van der Waals surface area (Å²) in [6, 6.07) is 0. The van der Waals surface area contributed by atoms with Crippen molar-refractivity contribution >= 4 is 17.7 Å². The minimum Gasteiger partial charge on any atom is -0.462 e. The molecule has 0 aromatic heterocycles. The van der Waals surface area contributed by atoms with E-state index >= 15 is 0 Å². The first-order valence-electron chi connectivity index (χ1n) is 18.5. The Morgan fingerprint density at radius 2 is 1.22 bits per heavy atom. The van der Waals surface area contributed by atoms with E-state index in [2.05, 4.69) is 45.1 Å². The van der Waals surface area contributed by atoms with Crippen molar-refractivity contribution in [3.05, 3.63) is 48.6 Å². The monoisotopic (exact) mass is 645 g/mol. The molecule has 0 aliphatic heterocycles. The molecule has 0 aromatic rings. The largest absolute Gasteiger partial charge is 0.462 e. The molecule has 6 nitrogen and oxygen atoms in total. The van der Waals surface area contributed by atoms with Crippen molar-refractivity contribution in [2.45, 2.75) is 168 Å². The predicted octanol–water partition coefficient (Wildman–Crippen LogP) is 10.5. The highest BCUT2D eigenvalue weighted by Gasteiger charge is 2.16. The van der Waals surface area contributed by atoms with Crippen LogP contribution in [0.4, 0.5) is 0 Å². The lowest BCUT2D eigenvalue weighted by Crippen LogP contribution is -2.28. The first-order chi connectivity index (χ1) is 22.4. The summed E-state index contributed by atoms with van der Waals surface area (Å²) in [5, 5.41) is 9.52. The number of carbonyl (C=O) groups is 3. The predicted molar refractivity (Wildman–Crippen MR) is 192 cm³/mol. The molecule has 264 valence electrons. The minimum absolute atomic E-state index is 0.0498. The summed E-state index contributed by atoms with van der Waals surface area (Å²) < 4.78 is 10.4. The molecule has 46 heavy (non-hydrogen) atoms. The highest BCUT2D eigenvalue weighted by molar-refractivity contribution is 5.90. The number of aliphatic hydroxyl groups is 1. The lowest BCUT2D eigenvalue weighted by molar-refractivity contribution is -0.161. The van der Waals surface area contributed by atoms with Crippen LogP contribution in [0.25, 0.3) is 0 Å². The van der Waals surface area contributed by atoms with E-state index < -0.39 is 18.7 Å². The van der Waals surface area contributed by atoms with Crippen LogP contribution in [0, 0.1) is 5.92 Å². The molecule has 1 N–H and O–H groups in total. The van der Waals surface area contributed by atoms with Crippen molar-refractivity contribution < 1.29 is 29.0 Å². The molecule has 0 bridgehead atoms. The van der Waals surface area contributed by atoms with Crippen LogP contribution in [0.2, 0.25) is 0 Å². The Morgan fingerprint density at radius 1 is 0.630 bits per heavy atom. The van der Waals surface area contributed by atoms with Gasteiger partial charge >= 0.3 is 11.9 Å². The molecule has 0 radical (unpaired) electrons. The summed E-state index contributed by atoms with van der Waals surface area (Å²) in [7, 11) is 0. The molecule has 0 fully saturated rings. The first-order valence-corrected chi connectivity index (χ1v) is 18.5. The summed E-state index contributed by atoms with van der Waals surface area (Å²) in [4.78, 5) is 36.2. The van der Waals surface area contributed by atoms with E-state index in [4.69, 9.17) is 9.47 Å². The topological polar surface area (TPSA) is 89.9 Å². The van der Waals surface area contributed by atoms with Crippen molar-refractivity contribution in [1.82, 2.24) is 0 Å². The average molecular weight is 645 g/mol. The second kappa shape index (κ2) is 33.9. The number of allylic oxidation sites excluding steroid dienone is 8. The molecular weight excluding hydrogens is 576 g/mol. The maximum absolute atomic E-state index is 12.1. The van der Waals surface area contributed by atoms with Crippen LogP contribution in [0.1, 0.15) is 162 Å². The second-order valence-electron chi connectivity index (χ2n) is 12.8. The minimum atomic E-state index is -0.861. The van der Waals surface area contributed by atoms with E-state index in [0.717, 1.165) is 44.4 Å². The number of unbranched alkanes of at least 4 members (excludes halogenated alkanes) is 13. The zero-order valence-electron chi connectivity index (χ0n) is 29.7. The normalized spacial score (nSPS) is 12.7. The Kier molecular flexibility index (Phi) is 32.1. The van der Waals surface area contributed by atoms with Gasteiger partial charge in [-0.05, 0) is 50.5 Å². The second-order valence-corrected chi connectivity index (χ2v) is 12.8. The SMILES string of the molecule is CCCCC/C=C\C/C=C\C/C=C\C=C\C(=O)CCCC(=O)OC[C@H](CO)OC(=O)CCCCCCCCCCCCCC(C)C. The van der Waals surface area contributed by atoms with Crippen LogP contribution in [-0.4, -0.2) is 42.1 Å². The molecule has 0 saturated heterocycles. The Labute approximate surface area is 282 Å². The fourth-order valence-electron chi connectivity index (χ4n) is 4.93. The molecular formula is C40H68O6. The quantitative estimate of drug-likeness (QED) is 0.0258. The molecule has 0 heterocycles. The van der Waals surface area contributed by atoms with E-state index in [1.54, 1.807) is 6.08 Å². The van der Waals surface area contributed by atoms with Crippen molar-refractivity contribution in [2.24, 2.45) is 5.92 Å². The molecule has 1 atom stereocenters. The summed E-state index contributed by atoms with van der Waals surface area (Å²) in [5.74, 6) is -0.0769. The van der Waals surface area contributed by atoms with Crippen molar-refractivity contribution in [1.29, 1.82) is 0 Å². The van der Waals surface area contributed by atoms with E-state index in [0.29, 0.717) is 12.8 Å². The maximum Gasteiger partial charge on any atom is 0.306 e. The summed E-state index contributed by atoms with van der Waals surface area (Å²) in [6.45, 7) is 6.21. The molecule has 0 spiro atoms. The lowest BCUT2D eigenvalue weighted by atomic mass is 10.0. The van der Waals surface area contributed by atoms with Crippen LogP contribution in [-0.2, 0) is 23.9 Å². The van der Waals surface area contributed by atoms with Gasteiger partial charge in [0.2, 0.25) is 0 Å². The molecule has 0 aliphatic rings. The molecule has 0 aromatic carbocycles. The molecule has 6 heteroatoms. The third-order valence-corrected chi connectivity index (χ3v) is 7.78. The number of rotatable bonds is 32. The Balaban J connectivity index is 3.79. The van der Waals surface area contributed by atoms with Crippen LogP contribution in [0.15, 0.2) is 48.6 Å². The van der Waals surface area contributed by atoms with Gasteiger partial charge in [-0.3, -0.25) is 14.4 Å². The maximum atomic E-state index is 12.1. The number of aliphatic hydroxyl groups excluding tert-OH is 1. The van der Waals surface area contributed by atoms with Crippen LogP contribution in [0.3, 0.4) is 0 Å². The van der Waals surface area contributed by atoms with Gasteiger partial charge in [-0.25, -0.2) is 0 Å². The van der Waals surface area contributed by atoms with E-state index in [1.807, 2.05) is 12.2 Å². The summed E-state index contributed by atoms with van der Waals surface area (Å²) >= 11 is 0. The van der Waals surface area contributed by atoms with E-state index in [1.165, 1.54) is 83.1 Å². The summed E-state index contributed by atoms with van der Waals surface area (Å²) in [5.41, 5.74) is 0. The van der Waals surface area contributed by atoms with Crippen LogP contribution >= 0.6 is 0 Å². The van der Waals surface area contributed by atoms with Gasteiger partial charge < -0.3 is 14.6 Å². The zero-order chi connectivity index (χ0) is 33.9. The van der Waals surface area contributed by atoms with Gasteiger partial charge in [0, 0.05) is 19.3 Å². The Bertz CT molecular complexity index is 854. The van der Waals surface area contributed by atoms with Crippen molar-refractivity contribution in [3.63, 3.8) is 0 Å². The standard InChI is InChI=1S/C40H68O6/c1-4-5-6-7-8-9-10-11-14-17-20-23-26-30-37(42)31-28-33-39(43)45-35-38(34-41)46-40(44)32-27-24-21-18-15-12-13-16-19-22-25-29-36(2)3/h8-9,11,14,20,23,26,30,36,38,41H,4-7,10,12-13,15-19,21-22,24-25,27-29,31-35H2,1-3H3/b9-8-,14-11-,23-20-,30-26+/t38-/m0/s1.